The van der Waals surface area contributed by atoms with Gasteiger partial charge >= 0.3 is 0 Å². The lowest BCUT2D eigenvalue weighted by molar-refractivity contribution is 0.0952. The number of carbonyl (C=O) groups excluding carboxylic acids is 2. The minimum atomic E-state index is -1.14. The van der Waals surface area contributed by atoms with Crippen LogP contribution in [-0.4, -0.2) is 24.4 Å². The van der Waals surface area contributed by atoms with E-state index in [9.17, 15) is 27.2 Å². The first-order valence-corrected chi connectivity index (χ1v) is 9.42. The van der Waals surface area contributed by atoms with Crippen molar-refractivity contribution in [1.29, 1.82) is 0 Å². The third kappa shape index (κ3) is 3.65. The highest BCUT2D eigenvalue weighted by atomic mass is 19.2. The summed E-state index contributed by atoms with van der Waals surface area (Å²) in [5.41, 5.74) is 0.681. The minimum absolute atomic E-state index is 0.0405. The third-order valence-electron chi connectivity index (χ3n) is 5.12. The van der Waals surface area contributed by atoms with Gasteiger partial charge in [-0.05, 0) is 55.5 Å². The molecule has 1 aliphatic heterocycles. The predicted octanol–water partition coefficient (Wildman–Crippen LogP) is 4.94. The maximum Gasteiger partial charge on any atom is 0.258 e. The number of rotatable bonds is 2. The molecule has 31 heavy (non-hydrogen) atoms. The van der Waals surface area contributed by atoms with Crippen molar-refractivity contribution in [2.24, 2.45) is 0 Å². The summed E-state index contributed by atoms with van der Waals surface area (Å²) in [6.07, 6.45) is 0. The molecule has 3 aromatic carbocycles. The van der Waals surface area contributed by atoms with Gasteiger partial charge in [0.25, 0.3) is 11.8 Å². The van der Waals surface area contributed by atoms with Crippen molar-refractivity contribution in [3.63, 3.8) is 0 Å². The van der Waals surface area contributed by atoms with Gasteiger partial charge in [-0.2, -0.15) is 0 Å². The molecule has 2 amide bonds. The molecule has 1 aliphatic rings. The van der Waals surface area contributed by atoms with Gasteiger partial charge < -0.3 is 9.80 Å². The summed E-state index contributed by atoms with van der Waals surface area (Å²) < 4.78 is 53.8. The molecule has 8 heteroatoms. The first-order chi connectivity index (χ1) is 14.8. The standard InChI is InChI=1S/C23H16F4N2O2/c1-13-12-28(22(30)14-6-8-16(24)18(26)10-14)20-4-2-3-5-21(20)29(13)23(31)15-7-9-17(25)19(27)11-15/h2-11,13H,12H2,1H3. The summed E-state index contributed by atoms with van der Waals surface area (Å²) in [6, 6.07) is 11.8. The lowest BCUT2D eigenvalue weighted by Crippen LogP contribution is -2.52. The van der Waals surface area contributed by atoms with Crippen LogP contribution in [0.3, 0.4) is 0 Å². The number of para-hydroxylation sites is 2. The van der Waals surface area contributed by atoms with E-state index in [4.69, 9.17) is 0 Å². The van der Waals surface area contributed by atoms with E-state index in [0.29, 0.717) is 11.4 Å². The van der Waals surface area contributed by atoms with Crippen molar-refractivity contribution in [3.05, 3.63) is 95.1 Å². The van der Waals surface area contributed by atoms with E-state index in [1.54, 1.807) is 31.2 Å². The molecule has 0 saturated carbocycles. The van der Waals surface area contributed by atoms with Crippen LogP contribution in [0.1, 0.15) is 27.6 Å². The topological polar surface area (TPSA) is 40.6 Å². The van der Waals surface area contributed by atoms with Gasteiger partial charge in [0.2, 0.25) is 0 Å². The molecule has 3 aromatic rings. The Bertz CT molecular complexity index is 1200. The minimum Gasteiger partial charge on any atom is -0.304 e. The molecule has 1 heterocycles. The molecular formula is C23H16F4N2O2. The zero-order valence-electron chi connectivity index (χ0n) is 16.3. The molecule has 1 atom stereocenters. The Morgan fingerprint density at radius 3 is 1.81 bits per heavy atom. The van der Waals surface area contributed by atoms with E-state index < -0.39 is 41.1 Å². The molecule has 0 bridgehead atoms. The van der Waals surface area contributed by atoms with Gasteiger partial charge in [0, 0.05) is 17.7 Å². The van der Waals surface area contributed by atoms with Crippen molar-refractivity contribution in [1.82, 2.24) is 0 Å². The fraction of sp³-hybridized carbons (Fsp3) is 0.130. The summed E-state index contributed by atoms with van der Waals surface area (Å²) in [5, 5.41) is 0. The number of hydrogen-bond acceptors (Lipinski definition) is 2. The number of carbonyl (C=O) groups is 2. The van der Waals surface area contributed by atoms with Gasteiger partial charge in [-0.1, -0.05) is 12.1 Å². The fourth-order valence-corrected chi connectivity index (χ4v) is 3.63. The monoisotopic (exact) mass is 428 g/mol. The van der Waals surface area contributed by atoms with Gasteiger partial charge in [0.15, 0.2) is 23.3 Å². The Morgan fingerprint density at radius 1 is 0.742 bits per heavy atom. The highest BCUT2D eigenvalue weighted by Crippen LogP contribution is 2.37. The summed E-state index contributed by atoms with van der Waals surface area (Å²) >= 11 is 0. The molecule has 0 aliphatic carbocycles. The largest absolute Gasteiger partial charge is 0.304 e. The van der Waals surface area contributed by atoms with E-state index in [2.05, 4.69) is 0 Å². The van der Waals surface area contributed by atoms with Crippen LogP contribution in [0.25, 0.3) is 0 Å². The van der Waals surface area contributed by atoms with E-state index in [-0.39, 0.29) is 17.7 Å². The van der Waals surface area contributed by atoms with Gasteiger partial charge in [-0.15, -0.1) is 0 Å². The van der Waals surface area contributed by atoms with E-state index >= 15 is 0 Å². The molecule has 1 unspecified atom stereocenters. The second-order valence-corrected chi connectivity index (χ2v) is 7.19. The van der Waals surface area contributed by atoms with Gasteiger partial charge in [0.1, 0.15) is 0 Å². The first-order valence-electron chi connectivity index (χ1n) is 9.42. The zero-order valence-corrected chi connectivity index (χ0v) is 16.3. The van der Waals surface area contributed by atoms with Gasteiger partial charge in [0.05, 0.1) is 17.4 Å². The van der Waals surface area contributed by atoms with Crippen LogP contribution < -0.4 is 9.80 Å². The maximum atomic E-state index is 13.7. The van der Waals surface area contributed by atoms with E-state index in [0.717, 1.165) is 24.3 Å². The van der Waals surface area contributed by atoms with Crippen LogP contribution in [0.15, 0.2) is 60.7 Å². The highest BCUT2D eigenvalue weighted by Gasteiger charge is 2.35. The molecule has 4 rings (SSSR count). The van der Waals surface area contributed by atoms with Crippen LogP contribution in [0, 0.1) is 23.3 Å². The van der Waals surface area contributed by atoms with Crippen LogP contribution >= 0.6 is 0 Å². The molecule has 0 fully saturated rings. The van der Waals surface area contributed by atoms with Crippen molar-refractivity contribution in [2.45, 2.75) is 13.0 Å². The number of halogens is 4. The zero-order chi connectivity index (χ0) is 22.3. The van der Waals surface area contributed by atoms with Gasteiger partial charge in [-0.3, -0.25) is 9.59 Å². The van der Waals surface area contributed by atoms with Crippen LogP contribution in [0.5, 0.6) is 0 Å². The average Bonchev–Trinajstić information content (AvgIpc) is 2.76. The van der Waals surface area contributed by atoms with Crippen LogP contribution in [0.2, 0.25) is 0 Å². The molecule has 0 N–H and O–H groups in total. The SMILES string of the molecule is CC1CN(C(=O)c2ccc(F)c(F)c2)c2ccccc2N1C(=O)c1ccc(F)c(F)c1. The summed E-state index contributed by atoms with van der Waals surface area (Å²) in [6.45, 7) is 1.75. The second-order valence-electron chi connectivity index (χ2n) is 7.19. The predicted molar refractivity (Wildman–Crippen MR) is 107 cm³/mol. The Labute approximate surface area is 175 Å². The fourth-order valence-electron chi connectivity index (χ4n) is 3.63. The van der Waals surface area contributed by atoms with E-state index in [1.165, 1.54) is 21.9 Å². The third-order valence-corrected chi connectivity index (χ3v) is 5.12. The number of anilines is 2. The second kappa shape index (κ2) is 7.86. The molecule has 158 valence electrons. The van der Waals surface area contributed by atoms with Crippen molar-refractivity contribution in [3.8, 4) is 0 Å². The van der Waals surface area contributed by atoms with Crippen molar-refractivity contribution in [2.75, 3.05) is 16.3 Å². The lowest BCUT2D eigenvalue weighted by Gasteiger charge is -2.41. The Morgan fingerprint density at radius 2 is 1.26 bits per heavy atom. The Kier molecular flexibility index (Phi) is 5.22. The number of hydrogen-bond donors (Lipinski definition) is 0. The van der Waals surface area contributed by atoms with Crippen LogP contribution in [0.4, 0.5) is 28.9 Å². The molecular weight excluding hydrogens is 412 g/mol. The number of nitrogens with zero attached hydrogens (tertiary/aromatic N) is 2. The normalized spacial score (nSPS) is 15.6. The molecule has 0 aromatic heterocycles. The quantitative estimate of drug-likeness (QED) is 0.543. The average molecular weight is 428 g/mol. The Hall–Kier alpha value is -3.68. The van der Waals surface area contributed by atoms with E-state index in [1.807, 2.05) is 0 Å². The number of benzene rings is 3. The summed E-state index contributed by atoms with van der Waals surface area (Å²) in [5.74, 6) is -5.52. The molecule has 0 spiro atoms. The molecule has 0 radical (unpaired) electrons. The summed E-state index contributed by atoms with van der Waals surface area (Å²) in [4.78, 5) is 28.9. The lowest BCUT2D eigenvalue weighted by atomic mass is 10.0. The highest BCUT2D eigenvalue weighted by molar-refractivity contribution is 6.13. The summed E-state index contributed by atoms with van der Waals surface area (Å²) in [7, 11) is 0. The maximum absolute atomic E-state index is 13.7. The van der Waals surface area contributed by atoms with Crippen LogP contribution in [-0.2, 0) is 0 Å². The number of amides is 2. The van der Waals surface area contributed by atoms with Crippen molar-refractivity contribution < 1.29 is 27.2 Å². The first kappa shape index (κ1) is 20.6. The number of fused-ring (bicyclic) bond motifs is 1. The molecule has 0 saturated heterocycles. The van der Waals surface area contributed by atoms with Crippen molar-refractivity contribution >= 4 is 23.2 Å². The molecule has 4 nitrogen and oxygen atoms in total. The van der Waals surface area contributed by atoms with Gasteiger partial charge in [-0.25, -0.2) is 17.6 Å². The Balaban J connectivity index is 1.73. The smallest absolute Gasteiger partial charge is 0.258 e.